The highest BCUT2D eigenvalue weighted by molar-refractivity contribution is 7.99. The van der Waals surface area contributed by atoms with Crippen molar-refractivity contribution in [2.75, 3.05) is 37.8 Å². The van der Waals surface area contributed by atoms with Gasteiger partial charge in [0.05, 0.1) is 5.69 Å². The summed E-state index contributed by atoms with van der Waals surface area (Å²) in [6, 6.07) is 7.45. The number of rotatable bonds is 3. The molecule has 17 heavy (non-hydrogen) atoms. The van der Waals surface area contributed by atoms with Crippen molar-refractivity contribution in [3.8, 4) is 0 Å². The number of nitrogens with zero attached hydrogens (tertiary/aromatic N) is 2. The van der Waals surface area contributed by atoms with Crippen LogP contribution in [0.25, 0.3) is 0 Å². The minimum Gasteiger partial charge on any atom is -0.366 e. The van der Waals surface area contributed by atoms with E-state index in [0.29, 0.717) is 6.04 Å². The number of hydrogen-bond donors (Lipinski definition) is 0. The van der Waals surface area contributed by atoms with Crippen LogP contribution in [0.5, 0.6) is 0 Å². The molecule has 0 N–H and O–H groups in total. The first-order valence-electron chi connectivity index (χ1n) is 6.23. The van der Waals surface area contributed by atoms with Gasteiger partial charge in [-0.25, -0.2) is 0 Å². The molecular formula is C14H22N2S. The lowest BCUT2D eigenvalue weighted by Gasteiger charge is -2.37. The Balaban J connectivity index is 2.21. The fraction of sp³-hybridized carbons (Fsp3) is 0.571. The Morgan fingerprint density at radius 1 is 1.41 bits per heavy atom. The van der Waals surface area contributed by atoms with Crippen LogP contribution in [0.4, 0.5) is 5.69 Å². The molecule has 2 rings (SSSR count). The third kappa shape index (κ3) is 2.96. The Bertz CT molecular complexity index is 390. The Morgan fingerprint density at radius 2 is 2.18 bits per heavy atom. The van der Waals surface area contributed by atoms with E-state index in [0.717, 1.165) is 13.1 Å². The fourth-order valence-electron chi connectivity index (χ4n) is 2.16. The van der Waals surface area contributed by atoms with Crippen molar-refractivity contribution in [2.24, 2.45) is 0 Å². The molecule has 2 nitrogen and oxygen atoms in total. The van der Waals surface area contributed by atoms with Gasteiger partial charge in [-0.1, -0.05) is 6.07 Å². The molecule has 0 aliphatic carbocycles. The largest absolute Gasteiger partial charge is 0.366 e. The van der Waals surface area contributed by atoms with Gasteiger partial charge in [0.25, 0.3) is 0 Å². The first-order chi connectivity index (χ1) is 8.08. The maximum absolute atomic E-state index is 2.55. The van der Waals surface area contributed by atoms with Gasteiger partial charge < -0.3 is 9.80 Å². The predicted octanol–water partition coefficient (Wildman–Crippen LogP) is 2.86. The molecule has 0 fully saturated rings. The number of aryl methyl sites for hydroxylation is 1. The van der Waals surface area contributed by atoms with Crippen molar-refractivity contribution in [2.45, 2.75) is 24.8 Å². The summed E-state index contributed by atoms with van der Waals surface area (Å²) in [6.07, 6.45) is 0. The predicted molar refractivity (Wildman–Crippen MR) is 77.3 cm³/mol. The quantitative estimate of drug-likeness (QED) is 0.814. The molecule has 1 aromatic rings. The molecule has 0 saturated carbocycles. The van der Waals surface area contributed by atoms with Crippen LogP contribution in [-0.4, -0.2) is 43.9 Å². The summed E-state index contributed by atoms with van der Waals surface area (Å²) in [5.41, 5.74) is 2.78. The van der Waals surface area contributed by atoms with Crippen LogP contribution >= 0.6 is 11.8 Å². The second-order valence-electron chi connectivity index (χ2n) is 5.13. The lowest BCUT2D eigenvalue weighted by Crippen LogP contribution is -2.41. The molecule has 0 saturated heterocycles. The third-order valence-electron chi connectivity index (χ3n) is 3.22. The van der Waals surface area contributed by atoms with Gasteiger partial charge in [-0.05, 0) is 45.6 Å². The molecule has 1 heterocycles. The van der Waals surface area contributed by atoms with E-state index >= 15 is 0 Å². The van der Waals surface area contributed by atoms with Crippen LogP contribution in [0.15, 0.2) is 23.1 Å². The van der Waals surface area contributed by atoms with Crippen molar-refractivity contribution in [3.05, 3.63) is 23.8 Å². The van der Waals surface area contributed by atoms with Crippen LogP contribution in [-0.2, 0) is 0 Å². The van der Waals surface area contributed by atoms with Gasteiger partial charge in [0, 0.05) is 29.8 Å². The summed E-state index contributed by atoms with van der Waals surface area (Å²) in [5.74, 6) is 1.20. The fourth-order valence-corrected chi connectivity index (χ4v) is 3.36. The Kier molecular flexibility index (Phi) is 4.00. The Morgan fingerprint density at radius 3 is 2.88 bits per heavy atom. The lowest BCUT2D eigenvalue weighted by molar-refractivity contribution is 0.408. The topological polar surface area (TPSA) is 6.48 Å². The molecule has 0 radical (unpaired) electrons. The highest BCUT2D eigenvalue weighted by Crippen LogP contribution is 2.37. The highest BCUT2D eigenvalue weighted by Gasteiger charge is 2.23. The summed E-state index contributed by atoms with van der Waals surface area (Å²) in [7, 11) is 4.28. The number of anilines is 1. The van der Waals surface area contributed by atoms with Crippen LogP contribution in [0, 0.1) is 6.92 Å². The summed E-state index contributed by atoms with van der Waals surface area (Å²) in [6.45, 7) is 6.72. The van der Waals surface area contributed by atoms with E-state index in [1.54, 1.807) is 0 Å². The SMILES string of the molecule is Cc1ccc2c(c1)SCC(C)N2CCN(C)C. The zero-order valence-electron chi connectivity index (χ0n) is 11.2. The van der Waals surface area contributed by atoms with E-state index in [1.165, 1.54) is 21.9 Å². The smallest absolute Gasteiger partial charge is 0.0507 e. The molecule has 0 spiro atoms. The number of hydrogen-bond acceptors (Lipinski definition) is 3. The number of fused-ring (bicyclic) bond motifs is 1. The molecule has 0 aromatic heterocycles. The standard InChI is InChI=1S/C14H22N2S/c1-11-5-6-13-14(9-11)17-10-12(2)16(13)8-7-15(3)4/h5-6,9,12H,7-8,10H2,1-4H3. The molecule has 3 heteroatoms. The number of benzene rings is 1. The summed E-state index contributed by atoms with van der Waals surface area (Å²) in [5, 5.41) is 0. The highest BCUT2D eigenvalue weighted by atomic mass is 32.2. The van der Waals surface area contributed by atoms with E-state index in [-0.39, 0.29) is 0 Å². The molecule has 1 aliphatic rings. The number of thioether (sulfide) groups is 1. The van der Waals surface area contributed by atoms with Crippen LogP contribution in [0.3, 0.4) is 0 Å². The van der Waals surface area contributed by atoms with Gasteiger partial charge in [0.2, 0.25) is 0 Å². The Hall–Kier alpha value is -0.670. The van der Waals surface area contributed by atoms with E-state index in [4.69, 9.17) is 0 Å². The molecule has 1 aliphatic heterocycles. The molecule has 1 atom stereocenters. The molecule has 0 bridgehead atoms. The third-order valence-corrected chi connectivity index (χ3v) is 4.51. The molecule has 94 valence electrons. The van der Waals surface area contributed by atoms with Gasteiger partial charge in [-0.15, -0.1) is 11.8 Å². The second-order valence-corrected chi connectivity index (χ2v) is 6.19. The van der Waals surface area contributed by atoms with Crippen LogP contribution < -0.4 is 4.90 Å². The summed E-state index contributed by atoms with van der Waals surface area (Å²) >= 11 is 1.99. The van der Waals surface area contributed by atoms with Crippen molar-refractivity contribution >= 4 is 17.4 Å². The van der Waals surface area contributed by atoms with E-state index < -0.39 is 0 Å². The van der Waals surface area contributed by atoms with Crippen molar-refractivity contribution < 1.29 is 0 Å². The molecule has 1 aromatic carbocycles. The Labute approximate surface area is 109 Å². The van der Waals surface area contributed by atoms with E-state index in [1.807, 2.05) is 11.8 Å². The first kappa shape index (κ1) is 12.8. The van der Waals surface area contributed by atoms with Gasteiger partial charge >= 0.3 is 0 Å². The summed E-state index contributed by atoms with van der Waals surface area (Å²) < 4.78 is 0. The second kappa shape index (κ2) is 5.32. The van der Waals surface area contributed by atoms with Gasteiger partial charge in [0.15, 0.2) is 0 Å². The van der Waals surface area contributed by atoms with Crippen molar-refractivity contribution in [1.29, 1.82) is 0 Å². The van der Waals surface area contributed by atoms with E-state index in [9.17, 15) is 0 Å². The van der Waals surface area contributed by atoms with Crippen LogP contribution in [0.2, 0.25) is 0 Å². The maximum Gasteiger partial charge on any atom is 0.0507 e. The zero-order valence-corrected chi connectivity index (χ0v) is 12.0. The van der Waals surface area contributed by atoms with Crippen molar-refractivity contribution in [1.82, 2.24) is 4.90 Å². The van der Waals surface area contributed by atoms with Crippen molar-refractivity contribution in [3.63, 3.8) is 0 Å². The zero-order chi connectivity index (χ0) is 12.4. The minimum atomic E-state index is 0.634. The molecular weight excluding hydrogens is 228 g/mol. The molecule has 1 unspecified atom stereocenters. The summed E-state index contributed by atoms with van der Waals surface area (Å²) in [4.78, 5) is 6.25. The average Bonchev–Trinajstić information content (AvgIpc) is 2.27. The van der Waals surface area contributed by atoms with Crippen LogP contribution in [0.1, 0.15) is 12.5 Å². The van der Waals surface area contributed by atoms with Gasteiger partial charge in [-0.3, -0.25) is 0 Å². The van der Waals surface area contributed by atoms with Gasteiger partial charge in [0.1, 0.15) is 0 Å². The molecule has 0 amide bonds. The van der Waals surface area contributed by atoms with E-state index in [2.05, 4.69) is 55.9 Å². The minimum absolute atomic E-state index is 0.634. The van der Waals surface area contributed by atoms with Gasteiger partial charge in [-0.2, -0.15) is 0 Å². The normalized spacial score (nSPS) is 19.6. The monoisotopic (exact) mass is 250 g/mol. The average molecular weight is 250 g/mol. The lowest BCUT2D eigenvalue weighted by atomic mass is 10.1. The first-order valence-corrected chi connectivity index (χ1v) is 7.21. The maximum atomic E-state index is 2.55. The number of likely N-dealkylation sites (N-methyl/N-ethyl adjacent to an activating group) is 1.